The highest BCUT2D eigenvalue weighted by molar-refractivity contribution is 7.84. The zero-order valence-electron chi connectivity index (χ0n) is 12.2. The van der Waals surface area contributed by atoms with Crippen molar-refractivity contribution in [3.8, 4) is 0 Å². The Kier molecular flexibility index (Phi) is 4.73. The number of thiazole rings is 1. The Labute approximate surface area is 127 Å². The summed E-state index contributed by atoms with van der Waals surface area (Å²) in [5.41, 5.74) is 1.11. The van der Waals surface area contributed by atoms with Gasteiger partial charge in [-0.25, -0.2) is 13.9 Å². The van der Waals surface area contributed by atoms with Crippen LogP contribution in [0.25, 0.3) is 0 Å². The molecule has 0 saturated heterocycles. The van der Waals surface area contributed by atoms with Crippen LogP contribution < -0.4 is 4.72 Å². The van der Waals surface area contributed by atoms with Gasteiger partial charge in [-0.15, -0.1) is 11.3 Å². The highest BCUT2D eigenvalue weighted by Gasteiger charge is 2.25. The molecule has 20 heavy (non-hydrogen) atoms. The minimum atomic E-state index is -1.13. The Morgan fingerprint density at radius 2 is 1.90 bits per heavy atom. The fraction of sp³-hybridized carbons (Fsp3) is 0.400. The van der Waals surface area contributed by atoms with Crippen molar-refractivity contribution in [1.29, 1.82) is 0 Å². The summed E-state index contributed by atoms with van der Waals surface area (Å²) in [6.45, 7) is 7.89. The van der Waals surface area contributed by atoms with Crippen molar-refractivity contribution < 1.29 is 4.21 Å². The van der Waals surface area contributed by atoms with Crippen LogP contribution in [-0.4, -0.2) is 13.9 Å². The number of hydrogen-bond donors (Lipinski definition) is 1. The van der Waals surface area contributed by atoms with E-state index in [-0.39, 0.29) is 10.8 Å². The van der Waals surface area contributed by atoms with E-state index in [2.05, 4.69) is 9.71 Å². The second-order valence-corrected chi connectivity index (χ2v) is 8.89. The second-order valence-electron chi connectivity index (χ2n) is 5.62. The smallest absolute Gasteiger partial charge is 0.0979 e. The lowest BCUT2D eigenvalue weighted by Gasteiger charge is -2.23. The predicted octanol–water partition coefficient (Wildman–Crippen LogP) is 3.59. The van der Waals surface area contributed by atoms with Gasteiger partial charge in [0.2, 0.25) is 0 Å². The molecule has 2 rings (SSSR count). The third-order valence-corrected chi connectivity index (χ3v) is 5.38. The van der Waals surface area contributed by atoms with Crippen molar-refractivity contribution in [3.05, 3.63) is 52.0 Å². The van der Waals surface area contributed by atoms with Crippen LogP contribution in [0.15, 0.2) is 36.5 Å². The maximum atomic E-state index is 12.4. The van der Waals surface area contributed by atoms with Crippen LogP contribution >= 0.6 is 11.3 Å². The van der Waals surface area contributed by atoms with Crippen LogP contribution in [0.5, 0.6) is 0 Å². The van der Waals surface area contributed by atoms with E-state index >= 15 is 0 Å². The summed E-state index contributed by atoms with van der Waals surface area (Å²) in [5.74, 6) is 0. The monoisotopic (exact) mass is 308 g/mol. The van der Waals surface area contributed by atoms with Crippen LogP contribution in [0.4, 0.5) is 0 Å². The van der Waals surface area contributed by atoms with Crippen LogP contribution in [0, 0.1) is 6.92 Å². The maximum Gasteiger partial charge on any atom is 0.0979 e. The fourth-order valence-corrected chi connectivity index (χ4v) is 3.50. The van der Waals surface area contributed by atoms with E-state index in [9.17, 15) is 4.21 Å². The SMILES string of the molecule is Cc1ncc(C(NS(=O)C(C)(C)C)c2ccccc2)s1. The first kappa shape index (κ1) is 15.4. The standard InChI is InChI=1S/C15H20N2OS2/c1-11-16-10-13(19-11)14(12-8-6-5-7-9-12)17-20(18)15(2,3)4/h5-10,14,17H,1-4H3. The molecule has 3 nitrogen and oxygen atoms in total. The van der Waals surface area contributed by atoms with E-state index in [4.69, 9.17) is 0 Å². The van der Waals surface area contributed by atoms with Crippen molar-refractivity contribution in [2.24, 2.45) is 0 Å². The highest BCUT2D eigenvalue weighted by Crippen LogP contribution is 2.28. The number of benzene rings is 1. The lowest BCUT2D eigenvalue weighted by atomic mass is 10.1. The quantitative estimate of drug-likeness (QED) is 0.938. The first-order valence-electron chi connectivity index (χ1n) is 6.53. The third kappa shape index (κ3) is 3.75. The molecule has 0 aliphatic rings. The molecular weight excluding hydrogens is 288 g/mol. The Morgan fingerprint density at radius 1 is 1.25 bits per heavy atom. The Bertz CT molecular complexity index is 587. The number of hydrogen-bond acceptors (Lipinski definition) is 3. The van der Waals surface area contributed by atoms with Gasteiger partial charge >= 0.3 is 0 Å². The topological polar surface area (TPSA) is 42.0 Å². The van der Waals surface area contributed by atoms with Gasteiger partial charge in [-0.3, -0.25) is 0 Å². The molecule has 1 heterocycles. The third-order valence-electron chi connectivity index (χ3n) is 2.84. The minimum absolute atomic E-state index is 0.0811. The Hall–Kier alpha value is -1.04. The van der Waals surface area contributed by atoms with Crippen LogP contribution in [0.3, 0.4) is 0 Å². The van der Waals surface area contributed by atoms with E-state index < -0.39 is 11.0 Å². The molecule has 1 aromatic heterocycles. The number of aryl methyl sites for hydroxylation is 1. The number of aromatic nitrogens is 1. The van der Waals surface area contributed by atoms with Gasteiger partial charge in [-0.1, -0.05) is 30.3 Å². The van der Waals surface area contributed by atoms with Gasteiger partial charge in [0.15, 0.2) is 0 Å². The molecule has 2 atom stereocenters. The summed E-state index contributed by atoms with van der Waals surface area (Å²) in [4.78, 5) is 5.40. The second kappa shape index (κ2) is 6.16. The molecule has 1 aromatic carbocycles. The number of rotatable bonds is 4. The van der Waals surface area contributed by atoms with Crippen LogP contribution in [-0.2, 0) is 11.0 Å². The van der Waals surface area contributed by atoms with E-state index in [0.29, 0.717) is 0 Å². The number of nitrogens with one attached hydrogen (secondary N) is 1. The summed E-state index contributed by atoms with van der Waals surface area (Å²) in [7, 11) is -1.13. The average molecular weight is 308 g/mol. The van der Waals surface area contributed by atoms with Crippen molar-refractivity contribution in [1.82, 2.24) is 9.71 Å². The van der Waals surface area contributed by atoms with Crippen molar-refractivity contribution in [2.75, 3.05) is 0 Å². The van der Waals surface area contributed by atoms with Gasteiger partial charge in [0.25, 0.3) is 0 Å². The molecule has 0 bridgehead atoms. The summed E-state index contributed by atoms with van der Waals surface area (Å²) < 4.78 is 15.4. The normalized spacial score (nSPS) is 15.0. The molecule has 0 saturated carbocycles. The average Bonchev–Trinajstić information content (AvgIpc) is 2.82. The molecule has 0 aliphatic carbocycles. The fourth-order valence-electron chi connectivity index (χ4n) is 1.73. The van der Waals surface area contributed by atoms with Gasteiger partial charge in [-0.05, 0) is 33.3 Å². The molecule has 0 aliphatic heterocycles. The summed E-state index contributed by atoms with van der Waals surface area (Å²) in [6.07, 6.45) is 1.87. The van der Waals surface area contributed by atoms with E-state index in [1.165, 1.54) is 0 Å². The predicted molar refractivity (Wildman–Crippen MR) is 86.2 cm³/mol. The molecule has 0 fully saturated rings. The first-order valence-corrected chi connectivity index (χ1v) is 8.50. The molecule has 5 heteroatoms. The molecule has 2 unspecified atom stereocenters. The summed E-state index contributed by atoms with van der Waals surface area (Å²) in [6, 6.07) is 10.00. The van der Waals surface area contributed by atoms with Crippen LogP contribution in [0.1, 0.15) is 42.3 Å². The Balaban J connectivity index is 2.33. The van der Waals surface area contributed by atoms with E-state index in [1.807, 2.05) is 64.2 Å². The molecule has 0 radical (unpaired) electrons. The minimum Gasteiger partial charge on any atom is -0.250 e. The highest BCUT2D eigenvalue weighted by atomic mass is 32.2. The summed E-state index contributed by atoms with van der Waals surface area (Å²) in [5, 5.41) is 1.02. The van der Waals surface area contributed by atoms with Gasteiger partial charge < -0.3 is 0 Å². The maximum absolute atomic E-state index is 12.4. The molecular formula is C15H20N2OS2. The lowest BCUT2D eigenvalue weighted by Crippen LogP contribution is -2.35. The largest absolute Gasteiger partial charge is 0.250 e. The number of nitrogens with zero attached hydrogens (tertiary/aromatic N) is 1. The van der Waals surface area contributed by atoms with Crippen molar-refractivity contribution in [2.45, 2.75) is 38.5 Å². The molecule has 2 aromatic rings. The zero-order chi connectivity index (χ0) is 14.8. The molecule has 1 N–H and O–H groups in total. The van der Waals surface area contributed by atoms with Crippen LogP contribution in [0.2, 0.25) is 0 Å². The van der Waals surface area contributed by atoms with E-state index in [0.717, 1.165) is 15.4 Å². The molecule has 0 amide bonds. The Morgan fingerprint density at radius 3 is 2.40 bits per heavy atom. The molecule has 108 valence electrons. The van der Waals surface area contributed by atoms with E-state index in [1.54, 1.807) is 11.3 Å². The van der Waals surface area contributed by atoms with Gasteiger partial charge in [0.1, 0.15) is 0 Å². The van der Waals surface area contributed by atoms with Crippen molar-refractivity contribution in [3.63, 3.8) is 0 Å². The van der Waals surface area contributed by atoms with Gasteiger partial charge in [0, 0.05) is 11.1 Å². The zero-order valence-corrected chi connectivity index (χ0v) is 13.8. The van der Waals surface area contributed by atoms with Crippen molar-refractivity contribution >= 4 is 22.3 Å². The van der Waals surface area contributed by atoms with Gasteiger partial charge in [0.05, 0.1) is 26.8 Å². The first-order chi connectivity index (χ1) is 9.38. The van der Waals surface area contributed by atoms with Gasteiger partial charge in [-0.2, -0.15) is 0 Å². The summed E-state index contributed by atoms with van der Waals surface area (Å²) >= 11 is 1.64. The molecule has 0 spiro atoms. The lowest BCUT2D eigenvalue weighted by molar-refractivity contribution is 0.625.